The van der Waals surface area contributed by atoms with E-state index in [1.54, 1.807) is 7.11 Å². The fourth-order valence-electron chi connectivity index (χ4n) is 3.06. The lowest BCUT2D eigenvalue weighted by Crippen LogP contribution is -2.34. The summed E-state index contributed by atoms with van der Waals surface area (Å²) in [4.78, 5) is 0. The maximum Gasteiger partial charge on any atom is 0.123 e. The minimum atomic E-state index is 0. The fourth-order valence-corrected chi connectivity index (χ4v) is 3.26. The van der Waals surface area contributed by atoms with Gasteiger partial charge in [-0.3, -0.25) is 0 Å². The minimum Gasteiger partial charge on any atom is -0.496 e. The molecule has 0 saturated carbocycles. The van der Waals surface area contributed by atoms with Crippen molar-refractivity contribution in [3.63, 3.8) is 0 Å². The van der Waals surface area contributed by atoms with Crippen LogP contribution in [0.4, 0.5) is 0 Å². The van der Waals surface area contributed by atoms with Crippen LogP contribution in [0.2, 0.25) is 5.02 Å². The van der Waals surface area contributed by atoms with Gasteiger partial charge in [0.25, 0.3) is 0 Å². The summed E-state index contributed by atoms with van der Waals surface area (Å²) in [6.45, 7) is 1.81. The zero-order valence-electron chi connectivity index (χ0n) is 13.5. The lowest BCUT2D eigenvalue weighted by Gasteiger charge is -2.22. The van der Waals surface area contributed by atoms with Crippen molar-refractivity contribution >= 4 is 45.6 Å². The van der Waals surface area contributed by atoms with E-state index in [-0.39, 0.29) is 34.0 Å². The molecule has 3 nitrogen and oxygen atoms in total. The Labute approximate surface area is 169 Å². The molecule has 132 valence electrons. The Morgan fingerprint density at radius 3 is 2.71 bits per heavy atom. The third kappa shape index (κ3) is 5.20. The SMILES string of the molecule is Br.Br.COc1ccccc1CN[C@H]1CCN[C@H]1c1cccc(Cl)c1. The molecular formula is C18H23Br2ClN2O. The van der Waals surface area contributed by atoms with Crippen LogP contribution in [0.1, 0.15) is 23.6 Å². The molecule has 1 fully saturated rings. The first-order valence-corrected chi connectivity index (χ1v) is 8.00. The van der Waals surface area contributed by atoms with Crippen LogP contribution >= 0.6 is 45.6 Å². The van der Waals surface area contributed by atoms with Gasteiger partial charge in [-0.1, -0.05) is 41.9 Å². The van der Waals surface area contributed by atoms with Crippen LogP contribution in [-0.4, -0.2) is 19.7 Å². The number of hydrogen-bond acceptors (Lipinski definition) is 3. The summed E-state index contributed by atoms with van der Waals surface area (Å²) >= 11 is 6.12. The van der Waals surface area contributed by atoms with E-state index in [0.29, 0.717) is 12.1 Å². The molecule has 0 bridgehead atoms. The maximum absolute atomic E-state index is 6.12. The summed E-state index contributed by atoms with van der Waals surface area (Å²) in [5.74, 6) is 0.931. The lowest BCUT2D eigenvalue weighted by atomic mass is 10.0. The van der Waals surface area contributed by atoms with Crippen LogP contribution in [0.15, 0.2) is 48.5 Å². The fraction of sp³-hybridized carbons (Fsp3) is 0.333. The average molecular weight is 479 g/mol. The molecule has 2 N–H and O–H groups in total. The monoisotopic (exact) mass is 476 g/mol. The Balaban J connectivity index is 0.00000144. The quantitative estimate of drug-likeness (QED) is 0.654. The van der Waals surface area contributed by atoms with Crippen LogP contribution in [0.3, 0.4) is 0 Å². The van der Waals surface area contributed by atoms with Gasteiger partial charge in [0.1, 0.15) is 5.75 Å². The highest BCUT2D eigenvalue weighted by Crippen LogP contribution is 2.26. The van der Waals surface area contributed by atoms with Crippen molar-refractivity contribution in [2.45, 2.75) is 25.0 Å². The second-order valence-electron chi connectivity index (χ2n) is 5.57. The van der Waals surface area contributed by atoms with E-state index in [0.717, 1.165) is 30.3 Å². The van der Waals surface area contributed by atoms with E-state index >= 15 is 0 Å². The molecule has 1 saturated heterocycles. The zero-order valence-corrected chi connectivity index (χ0v) is 17.7. The predicted molar refractivity (Wildman–Crippen MR) is 111 cm³/mol. The first kappa shape index (κ1) is 21.5. The van der Waals surface area contributed by atoms with E-state index in [1.165, 1.54) is 11.1 Å². The van der Waals surface area contributed by atoms with E-state index < -0.39 is 0 Å². The number of halogens is 3. The van der Waals surface area contributed by atoms with Crippen molar-refractivity contribution in [3.05, 3.63) is 64.7 Å². The Kier molecular flexibility index (Phi) is 9.31. The third-order valence-electron chi connectivity index (χ3n) is 4.18. The van der Waals surface area contributed by atoms with Crippen LogP contribution in [0, 0.1) is 0 Å². The Hall–Kier alpha value is -0.590. The maximum atomic E-state index is 6.12. The Morgan fingerprint density at radius 1 is 1.17 bits per heavy atom. The molecule has 0 unspecified atom stereocenters. The van der Waals surface area contributed by atoms with E-state index in [1.807, 2.05) is 36.4 Å². The van der Waals surface area contributed by atoms with Crippen LogP contribution < -0.4 is 15.4 Å². The molecule has 0 radical (unpaired) electrons. The minimum absolute atomic E-state index is 0. The highest BCUT2D eigenvalue weighted by Gasteiger charge is 2.27. The second kappa shape index (κ2) is 10.4. The summed E-state index contributed by atoms with van der Waals surface area (Å²) in [5.41, 5.74) is 2.42. The molecule has 0 aromatic heterocycles. The van der Waals surface area contributed by atoms with Gasteiger partial charge in [0.15, 0.2) is 0 Å². The molecule has 1 aliphatic heterocycles. The molecule has 1 heterocycles. The average Bonchev–Trinajstić information content (AvgIpc) is 3.01. The van der Waals surface area contributed by atoms with E-state index in [2.05, 4.69) is 22.8 Å². The first-order chi connectivity index (χ1) is 10.8. The van der Waals surface area contributed by atoms with Gasteiger partial charge in [0, 0.05) is 29.2 Å². The molecular weight excluding hydrogens is 455 g/mol. The van der Waals surface area contributed by atoms with Crippen molar-refractivity contribution in [1.82, 2.24) is 10.6 Å². The number of para-hydroxylation sites is 1. The summed E-state index contributed by atoms with van der Waals surface area (Å²) in [6, 6.07) is 16.9. The number of nitrogens with one attached hydrogen (secondary N) is 2. The highest BCUT2D eigenvalue weighted by molar-refractivity contribution is 8.93. The zero-order chi connectivity index (χ0) is 15.4. The van der Waals surface area contributed by atoms with Gasteiger partial charge >= 0.3 is 0 Å². The molecule has 3 rings (SSSR count). The number of ether oxygens (including phenoxy) is 1. The molecule has 2 atom stereocenters. The predicted octanol–water partition coefficient (Wildman–Crippen LogP) is 4.70. The third-order valence-corrected chi connectivity index (χ3v) is 4.41. The van der Waals surface area contributed by atoms with E-state index in [4.69, 9.17) is 16.3 Å². The molecule has 6 heteroatoms. The lowest BCUT2D eigenvalue weighted by molar-refractivity contribution is 0.401. The smallest absolute Gasteiger partial charge is 0.123 e. The van der Waals surface area contributed by atoms with Crippen molar-refractivity contribution in [1.29, 1.82) is 0 Å². The number of rotatable bonds is 5. The number of benzene rings is 2. The molecule has 1 aliphatic rings. The highest BCUT2D eigenvalue weighted by atomic mass is 79.9. The van der Waals surface area contributed by atoms with Gasteiger partial charge in [0.05, 0.1) is 7.11 Å². The second-order valence-corrected chi connectivity index (χ2v) is 6.01. The van der Waals surface area contributed by atoms with Crippen molar-refractivity contribution in [3.8, 4) is 5.75 Å². The molecule has 24 heavy (non-hydrogen) atoms. The summed E-state index contributed by atoms with van der Waals surface area (Å²) in [7, 11) is 1.71. The first-order valence-electron chi connectivity index (χ1n) is 7.62. The Bertz CT molecular complexity index is 642. The van der Waals surface area contributed by atoms with Gasteiger partial charge in [-0.05, 0) is 36.7 Å². The molecule has 0 amide bonds. The number of methoxy groups -OCH3 is 1. The van der Waals surface area contributed by atoms with Gasteiger partial charge in [-0.2, -0.15) is 0 Å². The van der Waals surface area contributed by atoms with Crippen molar-refractivity contribution in [2.24, 2.45) is 0 Å². The summed E-state index contributed by atoms with van der Waals surface area (Å²) in [6.07, 6.45) is 1.10. The number of hydrogen-bond donors (Lipinski definition) is 2. The van der Waals surface area contributed by atoms with Crippen molar-refractivity contribution in [2.75, 3.05) is 13.7 Å². The topological polar surface area (TPSA) is 33.3 Å². The van der Waals surface area contributed by atoms with Gasteiger partial charge < -0.3 is 15.4 Å². The van der Waals surface area contributed by atoms with Crippen LogP contribution in [0.25, 0.3) is 0 Å². The summed E-state index contributed by atoms with van der Waals surface area (Å²) in [5, 5.41) is 8.00. The largest absolute Gasteiger partial charge is 0.496 e. The molecule has 2 aromatic rings. The van der Waals surface area contributed by atoms with Gasteiger partial charge in [-0.25, -0.2) is 0 Å². The standard InChI is InChI=1S/C18H21ClN2O.2BrH/c1-22-17-8-3-2-5-14(17)12-21-16-9-10-20-18(16)13-6-4-7-15(19)11-13;;/h2-8,11,16,18,20-21H,9-10,12H2,1H3;2*1H/t16-,18-;;/m0../s1. The van der Waals surface area contributed by atoms with Gasteiger partial charge in [0.2, 0.25) is 0 Å². The molecule has 0 aliphatic carbocycles. The van der Waals surface area contributed by atoms with E-state index in [9.17, 15) is 0 Å². The normalized spacial score (nSPS) is 19.2. The molecule has 0 spiro atoms. The van der Waals surface area contributed by atoms with Crippen molar-refractivity contribution < 1.29 is 4.74 Å². The van der Waals surface area contributed by atoms with Gasteiger partial charge in [-0.15, -0.1) is 34.0 Å². The molecule has 2 aromatic carbocycles. The Morgan fingerprint density at radius 2 is 1.96 bits per heavy atom. The van der Waals surface area contributed by atoms with Crippen LogP contribution in [-0.2, 0) is 6.54 Å². The van der Waals surface area contributed by atoms with Crippen LogP contribution in [0.5, 0.6) is 5.75 Å². The summed E-state index contributed by atoms with van der Waals surface area (Å²) < 4.78 is 5.41.